The van der Waals surface area contributed by atoms with Crippen LogP contribution in [0, 0.1) is 0 Å². The lowest BCUT2D eigenvalue weighted by atomic mass is 10.1. The first-order valence-corrected chi connectivity index (χ1v) is 9.92. The normalized spacial score (nSPS) is 21.0. The van der Waals surface area contributed by atoms with Gasteiger partial charge in [-0.25, -0.2) is 14.6 Å². The lowest BCUT2D eigenvalue weighted by Crippen LogP contribution is -2.55. The summed E-state index contributed by atoms with van der Waals surface area (Å²) in [6, 6.07) is -0.0447. The molecule has 0 aliphatic carbocycles. The second-order valence-electron chi connectivity index (χ2n) is 7.90. The van der Waals surface area contributed by atoms with Gasteiger partial charge in [0, 0.05) is 25.7 Å². The molecule has 1 aromatic rings. The Hall–Kier alpha value is -1.87. The third-order valence-electron chi connectivity index (χ3n) is 4.53. The van der Waals surface area contributed by atoms with Gasteiger partial charge in [-0.1, -0.05) is 0 Å². The van der Waals surface area contributed by atoms with Crippen molar-refractivity contribution in [2.75, 3.05) is 44.9 Å². The van der Waals surface area contributed by atoms with Gasteiger partial charge in [0.1, 0.15) is 15.6 Å². The van der Waals surface area contributed by atoms with Crippen molar-refractivity contribution in [2.45, 2.75) is 45.3 Å². The van der Waals surface area contributed by atoms with E-state index in [2.05, 4.69) is 9.88 Å². The number of aromatic nitrogens is 1. The number of nitrogens with zero attached hydrogens (tertiary/aromatic N) is 3. The van der Waals surface area contributed by atoms with Gasteiger partial charge in [-0.05, 0) is 27.7 Å². The van der Waals surface area contributed by atoms with Gasteiger partial charge in [-0.15, -0.1) is 11.3 Å². The molecular weight excluding hydrogens is 370 g/mol. The van der Waals surface area contributed by atoms with Gasteiger partial charge in [0.2, 0.25) is 0 Å². The molecule has 0 saturated carbocycles. The summed E-state index contributed by atoms with van der Waals surface area (Å²) in [4.78, 5) is 33.0. The minimum absolute atomic E-state index is 0.0447. The molecule has 0 aromatic carbocycles. The van der Waals surface area contributed by atoms with Gasteiger partial charge in [-0.2, -0.15) is 0 Å². The van der Waals surface area contributed by atoms with Gasteiger partial charge in [0.15, 0.2) is 5.69 Å². The maximum absolute atomic E-state index is 12.4. The van der Waals surface area contributed by atoms with Crippen molar-refractivity contribution in [3.05, 3.63) is 10.7 Å². The monoisotopic (exact) mass is 397 g/mol. The molecule has 8 nitrogen and oxygen atoms in total. The van der Waals surface area contributed by atoms with Crippen LogP contribution in [-0.4, -0.2) is 73.5 Å². The van der Waals surface area contributed by atoms with E-state index in [1.54, 1.807) is 4.90 Å². The van der Waals surface area contributed by atoms with Crippen LogP contribution in [0.4, 0.5) is 9.80 Å². The first-order chi connectivity index (χ1) is 12.7. The van der Waals surface area contributed by atoms with Crippen LogP contribution in [0.2, 0.25) is 0 Å². The smallest absolute Gasteiger partial charge is 0.410 e. The second kappa shape index (κ2) is 7.63. The van der Waals surface area contributed by atoms with Crippen molar-refractivity contribution in [3.8, 4) is 0 Å². The molecule has 9 heteroatoms. The molecule has 0 unspecified atom stereocenters. The fourth-order valence-electron chi connectivity index (χ4n) is 3.06. The van der Waals surface area contributed by atoms with E-state index in [1.807, 2.05) is 27.7 Å². The molecule has 0 N–H and O–H groups in total. The van der Waals surface area contributed by atoms with Crippen LogP contribution in [0.25, 0.3) is 0 Å². The summed E-state index contributed by atoms with van der Waals surface area (Å²) in [6.07, 6.45) is -0.306. The fraction of sp³-hybridized carbons (Fsp3) is 0.722. The molecule has 2 aliphatic heterocycles. The zero-order chi connectivity index (χ0) is 19.8. The molecule has 2 aliphatic rings. The van der Waals surface area contributed by atoms with Crippen molar-refractivity contribution >= 4 is 28.4 Å². The second-order valence-corrected chi connectivity index (χ2v) is 8.91. The number of carbonyl (C=O) groups is 2. The van der Waals surface area contributed by atoms with Crippen molar-refractivity contribution in [1.29, 1.82) is 0 Å². The molecule has 0 radical (unpaired) electrons. The number of methoxy groups -OCH3 is 1. The number of carbonyl (C=O) groups excluding carboxylic acids is 2. The predicted octanol–water partition coefficient (Wildman–Crippen LogP) is 2.49. The summed E-state index contributed by atoms with van der Waals surface area (Å²) in [7, 11) is 1.36. The molecule has 1 amide bonds. The number of piperazine rings is 1. The highest BCUT2D eigenvalue weighted by molar-refractivity contribution is 7.16. The average molecular weight is 397 g/mol. The molecule has 27 heavy (non-hydrogen) atoms. The molecular formula is C18H27N3O5S. The van der Waals surface area contributed by atoms with E-state index in [-0.39, 0.29) is 18.1 Å². The minimum Gasteiger partial charge on any atom is -0.464 e. The Kier molecular flexibility index (Phi) is 5.62. The maximum atomic E-state index is 12.4. The van der Waals surface area contributed by atoms with E-state index < -0.39 is 11.6 Å². The summed E-state index contributed by atoms with van der Waals surface area (Å²) < 4.78 is 15.7. The Morgan fingerprint density at radius 2 is 1.96 bits per heavy atom. The number of amides is 1. The summed E-state index contributed by atoms with van der Waals surface area (Å²) in [5.74, 6) is -0.192. The number of anilines is 1. The van der Waals surface area contributed by atoms with Crippen LogP contribution in [0.15, 0.2) is 0 Å². The molecule has 3 rings (SSSR count). The Morgan fingerprint density at radius 3 is 2.48 bits per heavy atom. The zero-order valence-corrected chi connectivity index (χ0v) is 17.3. The fourth-order valence-corrected chi connectivity index (χ4v) is 4.22. The van der Waals surface area contributed by atoms with Gasteiger partial charge in [0.05, 0.1) is 26.2 Å². The number of thiazole rings is 1. The van der Waals surface area contributed by atoms with E-state index in [4.69, 9.17) is 14.2 Å². The number of esters is 1. The molecule has 0 spiro atoms. The molecule has 1 atom stereocenters. The van der Waals surface area contributed by atoms with Crippen LogP contribution >= 0.6 is 11.3 Å². The Bertz CT molecular complexity index is 710. The van der Waals surface area contributed by atoms with E-state index >= 15 is 0 Å². The van der Waals surface area contributed by atoms with Gasteiger partial charge < -0.3 is 24.0 Å². The van der Waals surface area contributed by atoms with E-state index in [0.717, 1.165) is 10.0 Å². The number of rotatable bonds is 3. The van der Waals surface area contributed by atoms with Crippen LogP contribution in [0.3, 0.4) is 0 Å². The number of ether oxygens (including phenoxy) is 3. The largest absolute Gasteiger partial charge is 0.464 e. The van der Waals surface area contributed by atoms with Crippen molar-refractivity contribution in [1.82, 2.24) is 9.88 Å². The summed E-state index contributed by atoms with van der Waals surface area (Å²) in [6.45, 7) is 10.6. The predicted molar refractivity (Wildman–Crippen MR) is 102 cm³/mol. The molecule has 2 fully saturated rings. The van der Waals surface area contributed by atoms with Gasteiger partial charge in [-0.3, -0.25) is 0 Å². The SMILES string of the molecule is COC(=O)c1nc(C2COC2)sc1N1CCN(C(=O)OC(C)(C)C)[C@H](C)C1. The van der Waals surface area contributed by atoms with E-state index in [9.17, 15) is 9.59 Å². The lowest BCUT2D eigenvalue weighted by Gasteiger charge is -2.40. The average Bonchev–Trinajstić information content (AvgIpc) is 2.95. The van der Waals surface area contributed by atoms with E-state index in [0.29, 0.717) is 38.5 Å². The quantitative estimate of drug-likeness (QED) is 0.725. The van der Waals surface area contributed by atoms with Gasteiger partial charge in [0.25, 0.3) is 0 Å². The zero-order valence-electron chi connectivity index (χ0n) is 16.5. The number of hydrogen-bond donors (Lipinski definition) is 0. The molecule has 3 heterocycles. The van der Waals surface area contributed by atoms with Gasteiger partial charge >= 0.3 is 12.1 Å². The minimum atomic E-state index is -0.524. The van der Waals surface area contributed by atoms with Crippen molar-refractivity contribution in [3.63, 3.8) is 0 Å². The topological polar surface area (TPSA) is 81.2 Å². The Balaban J connectivity index is 1.75. The highest BCUT2D eigenvalue weighted by atomic mass is 32.1. The molecule has 1 aromatic heterocycles. The number of hydrogen-bond acceptors (Lipinski definition) is 8. The van der Waals surface area contributed by atoms with E-state index in [1.165, 1.54) is 18.4 Å². The van der Waals surface area contributed by atoms with Crippen LogP contribution in [0.1, 0.15) is 49.1 Å². The highest BCUT2D eigenvalue weighted by Gasteiger charge is 2.35. The first-order valence-electron chi connectivity index (χ1n) is 9.11. The third-order valence-corrected chi connectivity index (χ3v) is 5.81. The standard InChI is InChI=1S/C18H27N3O5S/c1-11-8-20(6-7-21(11)17(23)26-18(2,3)4)15-13(16(22)24-5)19-14(27-15)12-9-25-10-12/h11-12H,6-10H2,1-5H3/t11-/m1/s1. The lowest BCUT2D eigenvalue weighted by molar-refractivity contribution is 0.00821. The van der Waals surface area contributed by atoms with Crippen LogP contribution < -0.4 is 4.90 Å². The van der Waals surface area contributed by atoms with Crippen LogP contribution in [0.5, 0.6) is 0 Å². The maximum Gasteiger partial charge on any atom is 0.410 e. The Labute approximate surface area is 163 Å². The summed E-state index contributed by atoms with van der Waals surface area (Å²) in [5, 5.41) is 1.71. The first kappa shape index (κ1) is 19.9. The molecule has 0 bridgehead atoms. The summed E-state index contributed by atoms with van der Waals surface area (Å²) >= 11 is 1.51. The third kappa shape index (κ3) is 4.35. The Morgan fingerprint density at radius 1 is 1.26 bits per heavy atom. The van der Waals surface area contributed by atoms with Crippen LogP contribution in [-0.2, 0) is 14.2 Å². The highest BCUT2D eigenvalue weighted by Crippen LogP contribution is 2.37. The van der Waals surface area contributed by atoms with Crippen molar-refractivity contribution < 1.29 is 23.8 Å². The molecule has 150 valence electrons. The van der Waals surface area contributed by atoms with Crippen molar-refractivity contribution in [2.24, 2.45) is 0 Å². The summed E-state index contributed by atoms with van der Waals surface area (Å²) in [5.41, 5.74) is -0.175. The molecule has 2 saturated heterocycles.